The van der Waals surface area contributed by atoms with Crippen molar-refractivity contribution in [3.05, 3.63) is 65.9 Å². The van der Waals surface area contributed by atoms with E-state index < -0.39 is 0 Å². The van der Waals surface area contributed by atoms with Crippen LogP contribution in [0, 0.1) is 6.92 Å². The summed E-state index contributed by atoms with van der Waals surface area (Å²) in [4.78, 5) is 16.7. The number of pyridine rings is 1. The van der Waals surface area contributed by atoms with Crippen LogP contribution >= 0.6 is 0 Å². The van der Waals surface area contributed by atoms with Crippen LogP contribution in [0.3, 0.4) is 0 Å². The lowest BCUT2D eigenvalue weighted by molar-refractivity contribution is -0.118. The zero-order valence-electron chi connectivity index (χ0n) is 14.7. The first-order valence-corrected chi connectivity index (χ1v) is 8.42. The van der Waals surface area contributed by atoms with Crippen molar-refractivity contribution in [3.8, 4) is 5.75 Å². The first-order chi connectivity index (χ1) is 12.0. The van der Waals surface area contributed by atoms with Crippen LogP contribution in [0.5, 0.6) is 5.75 Å². The number of fused-ring (bicyclic) bond motifs is 1. The molecule has 3 rings (SSSR count). The fourth-order valence-corrected chi connectivity index (χ4v) is 2.65. The summed E-state index contributed by atoms with van der Waals surface area (Å²) in [7, 11) is 0. The number of anilines is 1. The first-order valence-electron chi connectivity index (χ1n) is 8.42. The number of carbonyl (C=O) groups is 1. The first kappa shape index (κ1) is 17.0. The summed E-state index contributed by atoms with van der Waals surface area (Å²) in [5, 5.41) is 3.88. The molecule has 0 aliphatic rings. The number of ether oxygens (including phenoxy) is 1. The van der Waals surface area contributed by atoms with Gasteiger partial charge in [-0.1, -0.05) is 44.2 Å². The molecule has 0 fully saturated rings. The molecule has 4 nitrogen and oxygen atoms in total. The van der Waals surface area contributed by atoms with Crippen molar-refractivity contribution in [3.63, 3.8) is 0 Å². The maximum atomic E-state index is 12.2. The third kappa shape index (κ3) is 4.15. The molecule has 0 unspecified atom stereocenters. The monoisotopic (exact) mass is 334 g/mol. The third-order valence-corrected chi connectivity index (χ3v) is 4.02. The van der Waals surface area contributed by atoms with Crippen LogP contribution in [0.15, 0.2) is 54.6 Å². The Labute approximate surface area is 147 Å². The average Bonchev–Trinajstić information content (AvgIpc) is 2.60. The molecule has 1 heterocycles. The number of benzene rings is 2. The van der Waals surface area contributed by atoms with Gasteiger partial charge in [-0.15, -0.1) is 0 Å². The number of carbonyl (C=O) groups excluding carboxylic acids is 1. The van der Waals surface area contributed by atoms with E-state index in [0.29, 0.717) is 11.7 Å². The van der Waals surface area contributed by atoms with Gasteiger partial charge in [0.05, 0.1) is 0 Å². The van der Waals surface area contributed by atoms with Gasteiger partial charge in [0.25, 0.3) is 5.91 Å². The maximum absolute atomic E-state index is 12.2. The van der Waals surface area contributed by atoms with Crippen LogP contribution in [-0.4, -0.2) is 17.5 Å². The molecule has 0 spiro atoms. The lowest BCUT2D eigenvalue weighted by Gasteiger charge is -2.11. The summed E-state index contributed by atoms with van der Waals surface area (Å²) in [6, 6.07) is 17.6. The Morgan fingerprint density at radius 3 is 2.72 bits per heavy atom. The number of aryl methyl sites for hydroxylation is 1. The molecule has 0 saturated carbocycles. The van der Waals surface area contributed by atoms with E-state index in [9.17, 15) is 4.79 Å². The minimum absolute atomic E-state index is 0.0549. The molecule has 128 valence electrons. The molecule has 3 aromatic rings. The summed E-state index contributed by atoms with van der Waals surface area (Å²) in [6.07, 6.45) is 0. The van der Waals surface area contributed by atoms with E-state index in [1.807, 2.05) is 55.5 Å². The normalized spacial score (nSPS) is 10.9. The molecule has 4 heteroatoms. The van der Waals surface area contributed by atoms with E-state index in [0.717, 1.165) is 22.3 Å². The Balaban J connectivity index is 1.69. The Hall–Kier alpha value is -2.88. The van der Waals surface area contributed by atoms with Crippen LogP contribution in [0.25, 0.3) is 10.9 Å². The molecule has 1 aromatic heterocycles. The molecule has 1 amide bonds. The van der Waals surface area contributed by atoms with Gasteiger partial charge in [0.2, 0.25) is 0 Å². The van der Waals surface area contributed by atoms with Crippen LogP contribution in [0.1, 0.15) is 31.0 Å². The van der Waals surface area contributed by atoms with Crippen molar-refractivity contribution in [1.82, 2.24) is 4.98 Å². The van der Waals surface area contributed by atoms with E-state index in [4.69, 9.17) is 4.74 Å². The molecule has 25 heavy (non-hydrogen) atoms. The minimum atomic E-state index is -0.189. The molecule has 0 aliphatic heterocycles. The molecule has 0 atom stereocenters. The number of hydrogen-bond donors (Lipinski definition) is 1. The Morgan fingerprint density at radius 2 is 1.92 bits per heavy atom. The van der Waals surface area contributed by atoms with E-state index in [-0.39, 0.29) is 12.5 Å². The summed E-state index contributed by atoms with van der Waals surface area (Å²) in [5.74, 6) is 0.843. The fraction of sp³-hybridized carbons (Fsp3) is 0.238. The second kappa shape index (κ2) is 7.34. The molecular weight excluding hydrogens is 312 g/mol. The van der Waals surface area contributed by atoms with Gasteiger partial charge < -0.3 is 10.1 Å². The van der Waals surface area contributed by atoms with Gasteiger partial charge in [0.15, 0.2) is 6.61 Å². The predicted octanol–water partition coefficient (Wildman–Crippen LogP) is 4.68. The van der Waals surface area contributed by atoms with Crippen molar-refractivity contribution in [2.24, 2.45) is 0 Å². The van der Waals surface area contributed by atoms with Crippen molar-refractivity contribution >= 4 is 22.5 Å². The lowest BCUT2D eigenvalue weighted by atomic mass is 10.0. The number of amides is 1. The Kier molecular flexibility index (Phi) is 4.98. The van der Waals surface area contributed by atoms with E-state index in [1.54, 1.807) is 0 Å². The van der Waals surface area contributed by atoms with Gasteiger partial charge in [0, 0.05) is 16.8 Å². The molecule has 0 radical (unpaired) electrons. The van der Waals surface area contributed by atoms with Gasteiger partial charge in [-0.05, 0) is 42.7 Å². The zero-order chi connectivity index (χ0) is 17.8. The summed E-state index contributed by atoms with van der Waals surface area (Å²) < 4.78 is 5.71. The summed E-state index contributed by atoms with van der Waals surface area (Å²) >= 11 is 0. The Bertz CT molecular complexity index is 903. The molecule has 0 aliphatic carbocycles. The highest BCUT2D eigenvalue weighted by molar-refractivity contribution is 5.92. The molecule has 2 aromatic carbocycles. The molecule has 0 bridgehead atoms. The minimum Gasteiger partial charge on any atom is -0.481 e. The number of para-hydroxylation sites is 1. The number of aromatic nitrogens is 1. The van der Waals surface area contributed by atoms with Gasteiger partial charge in [-0.25, -0.2) is 4.98 Å². The van der Waals surface area contributed by atoms with Gasteiger partial charge in [-0.3, -0.25) is 4.79 Å². The highest BCUT2D eigenvalue weighted by Crippen LogP contribution is 2.24. The second-order valence-electron chi connectivity index (χ2n) is 6.40. The SMILES string of the molecule is Cc1ccc2cccc(OCC(=O)Nc3cccc(C(C)C)c3)c2n1. The van der Waals surface area contributed by atoms with Gasteiger partial charge in [-0.2, -0.15) is 0 Å². The smallest absolute Gasteiger partial charge is 0.262 e. The van der Waals surface area contributed by atoms with Gasteiger partial charge >= 0.3 is 0 Å². The van der Waals surface area contributed by atoms with Crippen molar-refractivity contribution in [2.75, 3.05) is 11.9 Å². The van der Waals surface area contributed by atoms with E-state index in [1.165, 1.54) is 5.56 Å². The molecule has 0 saturated heterocycles. The Morgan fingerprint density at radius 1 is 1.12 bits per heavy atom. The fourth-order valence-electron chi connectivity index (χ4n) is 2.65. The van der Waals surface area contributed by atoms with Crippen LogP contribution in [0.2, 0.25) is 0 Å². The number of hydrogen-bond acceptors (Lipinski definition) is 3. The van der Waals surface area contributed by atoms with E-state index in [2.05, 4.69) is 30.2 Å². The topological polar surface area (TPSA) is 51.2 Å². The lowest BCUT2D eigenvalue weighted by Crippen LogP contribution is -2.20. The molecule has 1 N–H and O–H groups in total. The zero-order valence-corrected chi connectivity index (χ0v) is 14.7. The highest BCUT2D eigenvalue weighted by Gasteiger charge is 2.08. The summed E-state index contributed by atoms with van der Waals surface area (Å²) in [5.41, 5.74) is 3.66. The standard InChI is InChI=1S/C21H22N2O2/c1-14(2)17-7-4-8-18(12-17)23-20(24)13-25-19-9-5-6-16-11-10-15(3)22-21(16)19/h4-12,14H,13H2,1-3H3,(H,23,24). The van der Waals surface area contributed by atoms with Crippen LogP contribution < -0.4 is 10.1 Å². The largest absolute Gasteiger partial charge is 0.481 e. The van der Waals surface area contributed by atoms with Crippen LogP contribution in [-0.2, 0) is 4.79 Å². The maximum Gasteiger partial charge on any atom is 0.262 e. The summed E-state index contributed by atoms with van der Waals surface area (Å²) in [6.45, 7) is 6.13. The molecular formula is C21H22N2O2. The quantitative estimate of drug-likeness (QED) is 0.737. The van der Waals surface area contributed by atoms with Gasteiger partial charge in [0.1, 0.15) is 11.3 Å². The number of nitrogens with zero attached hydrogens (tertiary/aromatic N) is 1. The average molecular weight is 334 g/mol. The number of rotatable bonds is 5. The number of nitrogens with one attached hydrogen (secondary N) is 1. The van der Waals surface area contributed by atoms with Crippen molar-refractivity contribution in [2.45, 2.75) is 26.7 Å². The highest BCUT2D eigenvalue weighted by atomic mass is 16.5. The second-order valence-corrected chi connectivity index (χ2v) is 6.40. The third-order valence-electron chi connectivity index (χ3n) is 4.02. The van der Waals surface area contributed by atoms with Crippen LogP contribution in [0.4, 0.5) is 5.69 Å². The van der Waals surface area contributed by atoms with Crippen molar-refractivity contribution in [1.29, 1.82) is 0 Å². The van der Waals surface area contributed by atoms with Crippen molar-refractivity contribution < 1.29 is 9.53 Å². The predicted molar refractivity (Wildman–Crippen MR) is 101 cm³/mol. The van der Waals surface area contributed by atoms with E-state index >= 15 is 0 Å².